The summed E-state index contributed by atoms with van der Waals surface area (Å²) in [5.74, 6) is -0.519. The normalized spacial score (nSPS) is 12.3. The van der Waals surface area contributed by atoms with E-state index >= 15 is 0 Å². The smallest absolute Gasteiger partial charge is 0.337 e. The molecule has 0 heterocycles. The number of amides is 1. The average Bonchev–Trinajstić information content (AvgIpc) is 2.99. The number of hydrogen-bond donors (Lipinski definition) is 1. The number of benzene rings is 4. The number of aryl methyl sites for hydroxylation is 1. The molecule has 0 radical (unpaired) electrons. The van der Waals surface area contributed by atoms with E-state index in [1.54, 1.807) is 24.3 Å². The Labute approximate surface area is 273 Å². The van der Waals surface area contributed by atoms with E-state index in [0.717, 1.165) is 16.0 Å². The second-order valence-electron chi connectivity index (χ2n) is 10.9. The molecule has 15 heteroatoms. The monoisotopic (exact) mass is 708 g/mol. The van der Waals surface area contributed by atoms with Gasteiger partial charge in [-0.25, -0.2) is 0 Å². The first-order chi connectivity index (χ1) is 22.5. The van der Waals surface area contributed by atoms with Crippen molar-refractivity contribution in [3.05, 3.63) is 129 Å². The van der Waals surface area contributed by atoms with Gasteiger partial charge in [-0.15, -0.1) is 0 Å². The zero-order valence-electron chi connectivity index (χ0n) is 25.9. The highest BCUT2D eigenvalue weighted by molar-refractivity contribution is 6.01. The van der Waals surface area contributed by atoms with Gasteiger partial charge >= 0.3 is 24.7 Å². The quantitative estimate of drug-likeness (QED) is 0.202. The van der Waals surface area contributed by atoms with E-state index in [9.17, 15) is 57.5 Å². The number of alkyl halides is 12. The molecule has 3 nitrogen and oxygen atoms in total. The van der Waals surface area contributed by atoms with Gasteiger partial charge < -0.3 is 10.2 Å². The summed E-state index contributed by atoms with van der Waals surface area (Å²) in [6.45, 7) is 1.39. The van der Waals surface area contributed by atoms with Gasteiger partial charge in [0.15, 0.2) is 0 Å². The molecule has 0 aliphatic carbocycles. The molecule has 0 fully saturated rings. The van der Waals surface area contributed by atoms with Gasteiger partial charge in [-0.1, -0.05) is 42.5 Å². The number of halogens is 12. The molecule has 0 saturated heterocycles. The van der Waals surface area contributed by atoms with Crippen molar-refractivity contribution in [3.8, 4) is 11.1 Å². The van der Waals surface area contributed by atoms with Crippen LogP contribution in [-0.4, -0.2) is 24.9 Å². The topological polar surface area (TPSA) is 32.3 Å². The van der Waals surface area contributed by atoms with E-state index in [1.807, 2.05) is 31.2 Å². The van der Waals surface area contributed by atoms with Crippen molar-refractivity contribution in [1.29, 1.82) is 0 Å². The highest BCUT2D eigenvalue weighted by atomic mass is 19.4. The molecule has 1 N–H and O–H groups in total. The van der Waals surface area contributed by atoms with Gasteiger partial charge in [0.05, 0.1) is 22.3 Å². The van der Waals surface area contributed by atoms with E-state index in [-0.39, 0.29) is 29.8 Å². The van der Waals surface area contributed by atoms with Crippen molar-refractivity contribution >= 4 is 5.91 Å². The average molecular weight is 709 g/mol. The first kappa shape index (κ1) is 38.9. The molecule has 1 amide bonds. The summed E-state index contributed by atoms with van der Waals surface area (Å²) >= 11 is 0. The highest BCUT2D eigenvalue weighted by Gasteiger charge is 2.38. The molecule has 0 saturated carbocycles. The Hall–Kier alpha value is -4.53. The zero-order chi connectivity index (χ0) is 36.9. The van der Waals surface area contributed by atoms with Crippen molar-refractivity contribution < 1.29 is 57.5 Å². The predicted molar refractivity (Wildman–Crippen MR) is 158 cm³/mol. The van der Waals surface area contributed by atoms with E-state index < -0.39 is 59.4 Å². The lowest BCUT2D eigenvalue weighted by Crippen LogP contribution is -2.27. The van der Waals surface area contributed by atoms with Gasteiger partial charge in [0.25, 0.3) is 5.91 Å². The number of carbonyl (C=O) groups excluding carboxylic acids is 1. The first-order valence-corrected chi connectivity index (χ1v) is 14.1. The van der Waals surface area contributed by atoms with Crippen LogP contribution < -0.4 is 5.32 Å². The molecule has 0 aromatic heterocycles. The molecule has 0 aliphatic heterocycles. The Morgan fingerprint density at radius 3 is 1.39 bits per heavy atom. The number of carbonyl (C=O) groups is 1. The third-order valence-corrected chi connectivity index (χ3v) is 7.03. The summed E-state index contributed by atoms with van der Waals surface area (Å²) in [4.78, 5) is 14.2. The van der Waals surface area contributed by atoms with Crippen LogP contribution >= 0.6 is 0 Å². The van der Waals surface area contributed by atoms with Crippen LogP contribution in [0.5, 0.6) is 0 Å². The van der Waals surface area contributed by atoms with Crippen LogP contribution in [0.15, 0.2) is 84.9 Å². The molecule has 0 spiro atoms. The number of nitrogens with one attached hydrogen (secondary N) is 1. The van der Waals surface area contributed by atoms with Crippen LogP contribution in [0.4, 0.5) is 52.7 Å². The third kappa shape index (κ3) is 10.5. The van der Waals surface area contributed by atoms with Crippen molar-refractivity contribution in [2.75, 3.05) is 14.1 Å². The maximum Gasteiger partial charge on any atom is 0.416 e. The molecule has 0 bridgehead atoms. The van der Waals surface area contributed by atoms with Gasteiger partial charge in [-0.05, 0) is 84.3 Å². The van der Waals surface area contributed by atoms with Crippen LogP contribution in [0.25, 0.3) is 11.1 Å². The Bertz CT molecular complexity index is 1690. The Morgan fingerprint density at radius 2 is 0.980 bits per heavy atom. The van der Waals surface area contributed by atoms with E-state index in [2.05, 4.69) is 5.32 Å². The molecule has 4 aromatic rings. The molecule has 0 unspecified atom stereocenters. The number of nitrogens with zero attached hydrogens (tertiary/aromatic N) is 1. The fourth-order valence-corrected chi connectivity index (χ4v) is 4.77. The molecule has 0 aliphatic rings. The van der Waals surface area contributed by atoms with E-state index in [0.29, 0.717) is 35.4 Å². The largest absolute Gasteiger partial charge is 0.416 e. The van der Waals surface area contributed by atoms with Crippen LogP contribution in [0.1, 0.15) is 49.3 Å². The van der Waals surface area contributed by atoms with Crippen LogP contribution in [-0.2, 0) is 37.8 Å². The Balaban J connectivity index is 0.000000323. The lowest BCUT2D eigenvalue weighted by Gasteiger charge is -2.21. The van der Waals surface area contributed by atoms with E-state index in [4.69, 9.17) is 0 Å². The minimum absolute atomic E-state index is 0.0605. The van der Waals surface area contributed by atoms with Crippen molar-refractivity contribution in [3.63, 3.8) is 0 Å². The summed E-state index contributed by atoms with van der Waals surface area (Å²) in [6, 6.07) is 16.9. The fraction of sp³-hybridized carbons (Fsp3) is 0.265. The lowest BCUT2D eigenvalue weighted by molar-refractivity contribution is -0.144. The van der Waals surface area contributed by atoms with Crippen molar-refractivity contribution in [1.82, 2.24) is 10.2 Å². The summed E-state index contributed by atoms with van der Waals surface area (Å²) in [6.07, 6.45) is -19.5. The second kappa shape index (κ2) is 14.9. The highest BCUT2D eigenvalue weighted by Crippen LogP contribution is 2.38. The number of hydrogen-bond acceptors (Lipinski definition) is 2. The molecule has 0 atom stereocenters. The minimum atomic E-state index is -4.95. The molecule has 49 heavy (non-hydrogen) atoms. The number of rotatable bonds is 6. The zero-order valence-corrected chi connectivity index (χ0v) is 25.9. The summed E-state index contributed by atoms with van der Waals surface area (Å²) < 4.78 is 153. The standard InChI is InChI=1S/C24H19F6NO.C10H9F6N/c1-15-7-3-4-8-19(15)20-9-5-6-10-21(20)22(32)31(2)14-16-11-17(23(25,26)27)13-18(12-16)24(28,29)30;1-17-5-6-2-7(9(11,12)13)4-8(3-6)10(14,15)16/h3-13H,14H2,1-2H3;2-4,17H,5H2,1H3. The minimum Gasteiger partial charge on any atom is -0.337 e. The lowest BCUT2D eigenvalue weighted by atomic mass is 9.95. The Morgan fingerprint density at radius 1 is 0.592 bits per heavy atom. The predicted octanol–water partition coefficient (Wildman–Crippen LogP) is 10.4. The maximum atomic E-state index is 13.1. The van der Waals surface area contributed by atoms with Crippen LogP contribution in [0, 0.1) is 6.92 Å². The fourth-order valence-electron chi connectivity index (χ4n) is 4.77. The van der Waals surface area contributed by atoms with E-state index in [1.165, 1.54) is 14.1 Å². The van der Waals surface area contributed by atoms with Crippen LogP contribution in [0.3, 0.4) is 0 Å². The molecular formula is C34H28F12N2O. The summed E-state index contributed by atoms with van der Waals surface area (Å²) in [7, 11) is 2.78. The summed E-state index contributed by atoms with van der Waals surface area (Å²) in [5, 5.41) is 2.51. The van der Waals surface area contributed by atoms with Crippen molar-refractivity contribution in [2.45, 2.75) is 44.7 Å². The van der Waals surface area contributed by atoms with Crippen LogP contribution in [0.2, 0.25) is 0 Å². The van der Waals surface area contributed by atoms with Gasteiger partial charge in [-0.3, -0.25) is 4.79 Å². The Kier molecular flexibility index (Phi) is 11.9. The second-order valence-corrected chi connectivity index (χ2v) is 10.9. The molecule has 264 valence electrons. The molecular weight excluding hydrogens is 680 g/mol. The molecule has 4 aromatic carbocycles. The first-order valence-electron chi connectivity index (χ1n) is 14.1. The third-order valence-electron chi connectivity index (χ3n) is 7.03. The van der Waals surface area contributed by atoms with Gasteiger partial charge in [-0.2, -0.15) is 52.7 Å². The molecule has 4 rings (SSSR count). The van der Waals surface area contributed by atoms with Gasteiger partial charge in [0.2, 0.25) is 0 Å². The SMILES string of the molecule is CNCc1cc(C(F)(F)F)cc(C(F)(F)F)c1.Cc1ccccc1-c1ccccc1C(=O)N(C)Cc1cc(C(F)(F)F)cc(C(F)(F)F)c1. The van der Waals surface area contributed by atoms with Gasteiger partial charge in [0.1, 0.15) is 0 Å². The summed E-state index contributed by atoms with van der Waals surface area (Å²) in [5.41, 5.74) is -3.09. The van der Waals surface area contributed by atoms with Gasteiger partial charge in [0, 0.05) is 25.7 Å². The maximum absolute atomic E-state index is 13.1. The van der Waals surface area contributed by atoms with Crippen molar-refractivity contribution in [2.24, 2.45) is 0 Å².